The quantitative estimate of drug-likeness (QED) is 0.349. The number of aliphatic hydroxyl groups is 1. The van der Waals surface area contributed by atoms with E-state index in [4.69, 9.17) is 14.0 Å². The van der Waals surface area contributed by atoms with Crippen LogP contribution in [0.25, 0.3) is 0 Å². The standard InChI is InChI=1S/C34H46N4O8S/c1-22-19-38(23(2)21-39)34(41)29-18-28(36-47(42,43)32-25(4)35-46-26(32)5)15-16-30(29)45-24(3)12-10-11-17-44-31(22)20-37(6)33(40)27-13-8-7-9-14-27/h7-9,13-16,18,22-24,31,36,39H,10-12,17,19-21H2,1-6H3/t22-,23+,24-,31-/m0/s1. The fourth-order valence-corrected chi connectivity index (χ4v) is 7.05. The fourth-order valence-electron chi connectivity index (χ4n) is 5.67. The van der Waals surface area contributed by atoms with Crippen LogP contribution in [0.2, 0.25) is 0 Å². The summed E-state index contributed by atoms with van der Waals surface area (Å²) in [5, 5.41) is 14.0. The molecular weight excluding hydrogens is 624 g/mol. The zero-order chi connectivity index (χ0) is 34.3. The molecule has 0 radical (unpaired) electrons. The molecule has 13 heteroatoms. The number of likely N-dealkylation sites (N-methyl/N-ethyl adjacent to an activating group) is 1. The van der Waals surface area contributed by atoms with Gasteiger partial charge in [0.2, 0.25) is 0 Å². The molecule has 3 aromatic rings. The van der Waals surface area contributed by atoms with E-state index in [1.165, 1.54) is 19.9 Å². The summed E-state index contributed by atoms with van der Waals surface area (Å²) in [4.78, 5) is 30.6. The zero-order valence-electron chi connectivity index (χ0n) is 27.9. The first kappa shape index (κ1) is 35.9. The number of hydrogen-bond acceptors (Lipinski definition) is 9. The van der Waals surface area contributed by atoms with Gasteiger partial charge in [0, 0.05) is 43.9 Å². The number of aryl methyl sites for hydroxylation is 2. The summed E-state index contributed by atoms with van der Waals surface area (Å²) in [5.74, 6) is -0.367. The van der Waals surface area contributed by atoms with Crippen LogP contribution in [-0.4, -0.2) is 91.9 Å². The second kappa shape index (κ2) is 15.8. The highest BCUT2D eigenvalue weighted by atomic mass is 32.2. The van der Waals surface area contributed by atoms with Crippen molar-refractivity contribution in [1.82, 2.24) is 15.0 Å². The van der Waals surface area contributed by atoms with Crippen molar-refractivity contribution in [1.29, 1.82) is 0 Å². The van der Waals surface area contributed by atoms with E-state index in [1.807, 2.05) is 32.0 Å². The summed E-state index contributed by atoms with van der Waals surface area (Å²) >= 11 is 0. The van der Waals surface area contributed by atoms with Gasteiger partial charge in [-0.05, 0) is 77.3 Å². The van der Waals surface area contributed by atoms with E-state index in [-0.39, 0.29) is 58.7 Å². The second-order valence-electron chi connectivity index (χ2n) is 12.3. The van der Waals surface area contributed by atoms with Crippen molar-refractivity contribution in [3.05, 3.63) is 71.1 Å². The number of carbonyl (C=O) groups excluding carboxylic acids is 2. The third-order valence-electron chi connectivity index (χ3n) is 8.36. The number of carbonyl (C=O) groups is 2. The number of sulfonamides is 1. The minimum Gasteiger partial charge on any atom is -0.490 e. The number of rotatable bonds is 8. The largest absolute Gasteiger partial charge is 0.490 e. The summed E-state index contributed by atoms with van der Waals surface area (Å²) in [6, 6.07) is 13.0. The monoisotopic (exact) mass is 670 g/mol. The van der Waals surface area contributed by atoms with Crippen molar-refractivity contribution < 1.29 is 37.1 Å². The molecule has 4 atom stereocenters. The minimum atomic E-state index is -4.09. The lowest BCUT2D eigenvalue weighted by Crippen LogP contribution is -2.48. The molecular formula is C34H46N4O8S. The number of fused-ring (bicyclic) bond motifs is 1. The predicted molar refractivity (Wildman–Crippen MR) is 177 cm³/mol. The molecule has 0 fully saturated rings. The third-order valence-corrected chi connectivity index (χ3v) is 9.99. The SMILES string of the molecule is Cc1noc(C)c1S(=O)(=O)Nc1ccc2c(c1)C(=O)N([C@H](C)CO)C[C@H](C)[C@H](CN(C)C(=O)c1ccccc1)OCCCC[C@H](C)O2. The van der Waals surface area contributed by atoms with E-state index in [0.717, 1.165) is 12.8 Å². The van der Waals surface area contributed by atoms with Gasteiger partial charge in [-0.25, -0.2) is 8.42 Å². The van der Waals surface area contributed by atoms with Crippen molar-refractivity contribution in [2.45, 2.75) is 77.0 Å². The van der Waals surface area contributed by atoms with Crippen LogP contribution in [0.1, 0.15) is 72.2 Å². The van der Waals surface area contributed by atoms with Crippen molar-refractivity contribution in [2.75, 3.05) is 38.1 Å². The number of aliphatic hydroxyl groups excluding tert-OH is 1. The van der Waals surface area contributed by atoms with E-state index < -0.39 is 28.1 Å². The van der Waals surface area contributed by atoms with Crippen LogP contribution in [-0.2, 0) is 14.8 Å². The Bertz CT molecular complexity index is 1610. The van der Waals surface area contributed by atoms with Gasteiger partial charge in [0.05, 0.1) is 30.4 Å². The Morgan fingerprint density at radius 2 is 1.87 bits per heavy atom. The van der Waals surface area contributed by atoms with Crippen LogP contribution in [0.3, 0.4) is 0 Å². The summed E-state index contributed by atoms with van der Waals surface area (Å²) in [5.41, 5.74) is 1.09. The lowest BCUT2D eigenvalue weighted by Gasteiger charge is -2.36. The Balaban J connectivity index is 1.67. The summed E-state index contributed by atoms with van der Waals surface area (Å²) in [6.07, 6.45) is 1.63. The second-order valence-corrected chi connectivity index (χ2v) is 13.9. The van der Waals surface area contributed by atoms with Crippen LogP contribution in [0.15, 0.2) is 57.9 Å². The maximum absolute atomic E-state index is 14.4. The summed E-state index contributed by atoms with van der Waals surface area (Å²) < 4.78 is 46.8. The van der Waals surface area contributed by atoms with E-state index >= 15 is 0 Å². The minimum absolute atomic E-state index is 0.0695. The van der Waals surface area contributed by atoms with E-state index in [1.54, 1.807) is 48.0 Å². The van der Waals surface area contributed by atoms with Crippen LogP contribution >= 0.6 is 0 Å². The molecule has 0 bridgehead atoms. The summed E-state index contributed by atoms with van der Waals surface area (Å²) in [6.45, 7) is 9.32. The van der Waals surface area contributed by atoms with Crippen molar-refractivity contribution >= 4 is 27.5 Å². The maximum atomic E-state index is 14.4. The topological polar surface area (TPSA) is 152 Å². The summed E-state index contributed by atoms with van der Waals surface area (Å²) in [7, 11) is -2.35. The molecule has 0 saturated heterocycles. The average molecular weight is 671 g/mol. The number of ether oxygens (including phenoxy) is 2. The molecule has 47 heavy (non-hydrogen) atoms. The Morgan fingerprint density at radius 1 is 1.15 bits per heavy atom. The smallest absolute Gasteiger partial charge is 0.267 e. The molecule has 256 valence electrons. The molecule has 4 rings (SSSR count). The Morgan fingerprint density at radius 3 is 2.53 bits per heavy atom. The lowest BCUT2D eigenvalue weighted by atomic mass is 10.0. The van der Waals surface area contributed by atoms with Gasteiger partial charge in [-0.3, -0.25) is 14.3 Å². The van der Waals surface area contributed by atoms with Crippen molar-refractivity contribution in [3.63, 3.8) is 0 Å². The number of anilines is 1. The van der Waals surface area contributed by atoms with E-state index in [9.17, 15) is 23.1 Å². The predicted octanol–water partition coefficient (Wildman–Crippen LogP) is 4.66. The molecule has 2 amide bonds. The van der Waals surface area contributed by atoms with Gasteiger partial charge in [0.15, 0.2) is 10.7 Å². The number of benzene rings is 2. The van der Waals surface area contributed by atoms with E-state index in [0.29, 0.717) is 30.9 Å². The number of hydrogen-bond donors (Lipinski definition) is 2. The van der Waals surface area contributed by atoms with Crippen molar-refractivity contribution in [2.24, 2.45) is 5.92 Å². The van der Waals surface area contributed by atoms with Crippen LogP contribution in [0.5, 0.6) is 5.75 Å². The van der Waals surface area contributed by atoms with Gasteiger partial charge in [-0.15, -0.1) is 0 Å². The lowest BCUT2D eigenvalue weighted by molar-refractivity contribution is -0.0149. The number of aromatic nitrogens is 1. The number of nitrogens with zero attached hydrogens (tertiary/aromatic N) is 3. The first-order valence-electron chi connectivity index (χ1n) is 15.9. The Kier molecular flexibility index (Phi) is 12.0. The first-order valence-corrected chi connectivity index (χ1v) is 17.4. The zero-order valence-corrected chi connectivity index (χ0v) is 28.7. The molecule has 2 heterocycles. The van der Waals surface area contributed by atoms with Crippen molar-refractivity contribution in [3.8, 4) is 5.75 Å². The molecule has 2 N–H and O–H groups in total. The number of nitrogens with one attached hydrogen (secondary N) is 1. The average Bonchev–Trinajstić information content (AvgIpc) is 3.40. The Hall–Kier alpha value is -3.94. The van der Waals surface area contributed by atoms with Crippen LogP contribution in [0.4, 0.5) is 5.69 Å². The molecule has 0 spiro atoms. The Labute approximate surface area is 277 Å². The molecule has 1 aliphatic heterocycles. The van der Waals surface area contributed by atoms with E-state index in [2.05, 4.69) is 9.88 Å². The van der Waals surface area contributed by atoms with Crippen LogP contribution < -0.4 is 9.46 Å². The molecule has 1 aromatic heterocycles. The molecule has 0 aliphatic carbocycles. The molecule has 12 nitrogen and oxygen atoms in total. The van der Waals surface area contributed by atoms with Gasteiger partial charge < -0.3 is 28.9 Å². The van der Waals surface area contributed by atoms with Gasteiger partial charge in [0.25, 0.3) is 21.8 Å². The van der Waals surface area contributed by atoms with Gasteiger partial charge in [0.1, 0.15) is 11.4 Å². The highest BCUT2D eigenvalue weighted by molar-refractivity contribution is 7.92. The molecule has 0 saturated carbocycles. The third kappa shape index (κ3) is 8.91. The number of amides is 2. The first-order chi connectivity index (χ1) is 22.3. The molecule has 0 unspecified atom stereocenters. The molecule has 1 aliphatic rings. The van der Waals surface area contributed by atoms with Crippen LogP contribution in [0, 0.1) is 19.8 Å². The highest BCUT2D eigenvalue weighted by Crippen LogP contribution is 2.30. The van der Waals surface area contributed by atoms with Gasteiger partial charge in [-0.1, -0.05) is 30.3 Å². The highest BCUT2D eigenvalue weighted by Gasteiger charge is 2.32. The van der Waals surface area contributed by atoms with Gasteiger partial charge >= 0.3 is 0 Å². The maximum Gasteiger partial charge on any atom is 0.267 e. The van der Waals surface area contributed by atoms with Gasteiger partial charge in [-0.2, -0.15) is 0 Å². The fraction of sp³-hybridized carbons (Fsp3) is 0.500. The normalized spacial score (nSPS) is 20.4. The molecule has 2 aromatic carbocycles.